The number of nitrogens with zero attached hydrogens (tertiary/aromatic N) is 4. The summed E-state index contributed by atoms with van der Waals surface area (Å²) in [4.78, 5) is 13.9. The molecule has 0 unspecified atom stereocenters. The van der Waals surface area contributed by atoms with Gasteiger partial charge in [0.1, 0.15) is 24.0 Å². The summed E-state index contributed by atoms with van der Waals surface area (Å²) >= 11 is 0. The second-order valence-corrected chi connectivity index (χ2v) is 7.80. The van der Waals surface area contributed by atoms with Crippen LogP contribution in [0.1, 0.15) is 25.2 Å². The number of aromatic nitrogens is 4. The van der Waals surface area contributed by atoms with Crippen LogP contribution in [0.4, 0.5) is 17.2 Å². The Hall–Kier alpha value is -4.72. The van der Waals surface area contributed by atoms with Gasteiger partial charge in [0.2, 0.25) is 0 Å². The molecular weight excluding hydrogens is 450 g/mol. The number of para-hydroxylation sites is 1. The number of aryl methyl sites for hydroxylation is 1. The summed E-state index contributed by atoms with van der Waals surface area (Å²) in [5.41, 5.74) is 9.57. The third-order valence-electron chi connectivity index (χ3n) is 5.49. The molecule has 5 aromatic rings. The average molecular weight is 480 g/mol. The molecule has 0 fully saturated rings. The highest BCUT2D eigenvalue weighted by Gasteiger charge is 2.11. The molecule has 0 bridgehead atoms. The number of nitrogen functional groups attached to an aromatic ring is 1. The number of anilines is 3. The van der Waals surface area contributed by atoms with Crippen molar-refractivity contribution in [3.05, 3.63) is 90.5 Å². The highest BCUT2D eigenvalue weighted by Crippen LogP contribution is 2.29. The lowest BCUT2D eigenvalue weighted by atomic mass is 10.1. The molecule has 0 aliphatic carbocycles. The first-order valence-electron chi connectivity index (χ1n) is 11.7. The van der Waals surface area contributed by atoms with Crippen LogP contribution < -0.4 is 15.8 Å². The summed E-state index contributed by atoms with van der Waals surface area (Å²) in [6.07, 6.45) is 4.87. The third kappa shape index (κ3) is 5.33. The van der Waals surface area contributed by atoms with Gasteiger partial charge in [-0.15, -0.1) is 0 Å². The number of imidazole rings is 1. The number of fused-ring (bicyclic) bond motifs is 1. The van der Waals surface area contributed by atoms with E-state index in [1.807, 2.05) is 92.3 Å². The fraction of sp³-hybridized carbons (Fsp3) is 0.143. The van der Waals surface area contributed by atoms with Gasteiger partial charge in [-0.25, -0.2) is 15.0 Å². The van der Waals surface area contributed by atoms with Gasteiger partial charge in [-0.1, -0.05) is 38.1 Å². The van der Waals surface area contributed by atoms with E-state index in [2.05, 4.69) is 10.3 Å². The maximum absolute atomic E-state index is 7.57. The molecular formula is C28H29N7O. The first-order chi connectivity index (χ1) is 17.6. The van der Waals surface area contributed by atoms with Crippen LogP contribution in [0.15, 0.2) is 79.1 Å². The van der Waals surface area contributed by atoms with Crippen LogP contribution in [-0.2, 0) is 13.7 Å². The largest absolute Gasteiger partial charge is 0.486 e. The lowest BCUT2D eigenvalue weighted by Gasteiger charge is -2.13. The number of nitrogens with one attached hydrogen (secondary N) is 2. The molecule has 0 amide bonds. The maximum atomic E-state index is 7.57. The van der Waals surface area contributed by atoms with Crippen molar-refractivity contribution in [2.24, 2.45) is 7.05 Å². The molecule has 182 valence electrons. The minimum absolute atomic E-state index is 0.366. The summed E-state index contributed by atoms with van der Waals surface area (Å²) in [5, 5.41) is 11.8. The van der Waals surface area contributed by atoms with E-state index in [-0.39, 0.29) is 0 Å². The Morgan fingerprint density at radius 3 is 2.64 bits per heavy atom. The lowest BCUT2D eigenvalue weighted by molar-refractivity contribution is 0.292. The molecule has 4 N–H and O–H groups in total. The molecule has 0 saturated carbocycles. The van der Waals surface area contributed by atoms with Gasteiger partial charge < -0.3 is 25.8 Å². The number of nitrogens with two attached hydrogens (primary N) is 1. The standard InChI is InChI=1S/C26H23N7O.C2H6/c1-33-12-11-29-24(33)16-34-20-6-4-5-17(14-20)25-31-23-8-3-2-7-21(23)26(32-25)30-19-9-10-22(28)18(13-19)15-27;1-2/h2-15,27H,16,28H2,1H3,(H,30,31,32);1-2H3. The predicted molar refractivity (Wildman–Crippen MR) is 146 cm³/mol. The number of ether oxygens (including phenoxy) is 1. The highest BCUT2D eigenvalue weighted by molar-refractivity contribution is 5.93. The molecule has 0 atom stereocenters. The Morgan fingerprint density at radius 1 is 1.03 bits per heavy atom. The molecule has 0 aliphatic heterocycles. The van der Waals surface area contributed by atoms with Crippen LogP contribution in [0.5, 0.6) is 5.75 Å². The number of benzene rings is 3. The van der Waals surface area contributed by atoms with Crippen molar-refractivity contribution < 1.29 is 4.74 Å². The zero-order valence-electron chi connectivity index (χ0n) is 20.6. The quantitative estimate of drug-likeness (QED) is 0.196. The van der Waals surface area contributed by atoms with E-state index in [4.69, 9.17) is 25.8 Å². The normalized spacial score (nSPS) is 10.4. The smallest absolute Gasteiger partial charge is 0.162 e. The second-order valence-electron chi connectivity index (χ2n) is 7.80. The minimum Gasteiger partial charge on any atom is -0.486 e. The van der Waals surface area contributed by atoms with E-state index < -0.39 is 0 Å². The van der Waals surface area contributed by atoms with Crippen molar-refractivity contribution in [3.63, 3.8) is 0 Å². The molecule has 8 heteroatoms. The summed E-state index contributed by atoms with van der Waals surface area (Å²) in [5.74, 6) is 2.79. The number of rotatable bonds is 7. The molecule has 5 rings (SSSR count). The molecule has 0 aliphatic rings. The van der Waals surface area contributed by atoms with E-state index in [0.717, 1.165) is 28.0 Å². The van der Waals surface area contributed by atoms with E-state index >= 15 is 0 Å². The fourth-order valence-corrected chi connectivity index (χ4v) is 3.62. The zero-order chi connectivity index (χ0) is 25.5. The third-order valence-corrected chi connectivity index (χ3v) is 5.49. The maximum Gasteiger partial charge on any atom is 0.162 e. The van der Waals surface area contributed by atoms with Crippen LogP contribution in [0.2, 0.25) is 0 Å². The minimum atomic E-state index is 0.366. The lowest BCUT2D eigenvalue weighted by Crippen LogP contribution is -2.03. The van der Waals surface area contributed by atoms with E-state index in [1.54, 1.807) is 12.3 Å². The van der Waals surface area contributed by atoms with Gasteiger partial charge in [0.15, 0.2) is 5.82 Å². The molecule has 0 saturated heterocycles. The Balaban J connectivity index is 0.00000148. The van der Waals surface area contributed by atoms with Crippen molar-refractivity contribution in [1.29, 1.82) is 5.41 Å². The van der Waals surface area contributed by atoms with Gasteiger partial charge in [0.05, 0.1) is 5.52 Å². The van der Waals surface area contributed by atoms with Gasteiger partial charge in [-0.3, -0.25) is 0 Å². The predicted octanol–water partition coefficient (Wildman–Crippen LogP) is 5.96. The van der Waals surface area contributed by atoms with E-state index in [1.165, 1.54) is 6.21 Å². The topological polar surface area (TPSA) is 115 Å². The molecule has 0 radical (unpaired) electrons. The molecule has 8 nitrogen and oxygen atoms in total. The van der Waals surface area contributed by atoms with Crippen molar-refractivity contribution >= 4 is 34.3 Å². The van der Waals surface area contributed by atoms with Gasteiger partial charge in [0, 0.05) is 53.5 Å². The summed E-state index contributed by atoms with van der Waals surface area (Å²) in [6, 6.07) is 21.0. The highest BCUT2D eigenvalue weighted by atomic mass is 16.5. The Kier molecular flexibility index (Phi) is 7.55. The van der Waals surface area contributed by atoms with Crippen LogP contribution in [-0.4, -0.2) is 25.7 Å². The van der Waals surface area contributed by atoms with Gasteiger partial charge in [0.25, 0.3) is 0 Å². The summed E-state index contributed by atoms with van der Waals surface area (Å²) < 4.78 is 7.88. The first-order valence-corrected chi connectivity index (χ1v) is 11.7. The fourth-order valence-electron chi connectivity index (χ4n) is 3.62. The molecule has 3 aromatic carbocycles. The summed E-state index contributed by atoms with van der Waals surface area (Å²) in [7, 11) is 1.94. The average Bonchev–Trinajstić information content (AvgIpc) is 3.34. The van der Waals surface area contributed by atoms with Crippen LogP contribution in [0.3, 0.4) is 0 Å². The first kappa shape index (κ1) is 24.4. The Bertz CT molecular complexity index is 1490. The number of hydrogen-bond donors (Lipinski definition) is 3. The van der Waals surface area contributed by atoms with E-state index in [0.29, 0.717) is 35.2 Å². The molecule has 2 aromatic heterocycles. The van der Waals surface area contributed by atoms with Crippen LogP contribution in [0.25, 0.3) is 22.3 Å². The van der Waals surface area contributed by atoms with Crippen LogP contribution in [0, 0.1) is 5.41 Å². The monoisotopic (exact) mass is 479 g/mol. The Morgan fingerprint density at radius 2 is 1.86 bits per heavy atom. The Labute approximate surface area is 210 Å². The van der Waals surface area contributed by atoms with Crippen molar-refractivity contribution in [2.75, 3.05) is 11.1 Å². The van der Waals surface area contributed by atoms with Crippen LogP contribution >= 0.6 is 0 Å². The second kappa shape index (κ2) is 11.1. The zero-order valence-corrected chi connectivity index (χ0v) is 20.6. The summed E-state index contributed by atoms with van der Waals surface area (Å²) in [6.45, 7) is 4.37. The van der Waals surface area contributed by atoms with Gasteiger partial charge in [-0.2, -0.15) is 0 Å². The molecule has 0 spiro atoms. The van der Waals surface area contributed by atoms with Crippen molar-refractivity contribution in [1.82, 2.24) is 19.5 Å². The van der Waals surface area contributed by atoms with Gasteiger partial charge >= 0.3 is 0 Å². The van der Waals surface area contributed by atoms with Crippen molar-refractivity contribution in [2.45, 2.75) is 20.5 Å². The van der Waals surface area contributed by atoms with Crippen molar-refractivity contribution in [3.8, 4) is 17.1 Å². The number of hydrogen-bond acceptors (Lipinski definition) is 7. The SMILES string of the molecule is CC.Cn1ccnc1COc1cccc(-c2nc(Nc3ccc(N)c(C=N)c3)c3ccccc3n2)c1. The van der Waals surface area contributed by atoms with Gasteiger partial charge in [-0.05, 0) is 42.5 Å². The molecule has 2 heterocycles. The molecule has 36 heavy (non-hydrogen) atoms. The van der Waals surface area contributed by atoms with E-state index in [9.17, 15) is 0 Å².